The van der Waals surface area contributed by atoms with Crippen molar-refractivity contribution >= 4 is 11.9 Å². The van der Waals surface area contributed by atoms with Crippen LogP contribution in [0.5, 0.6) is 5.75 Å². The molecule has 3 rings (SSSR count). The molecule has 1 N–H and O–H groups in total. The summed E-state index contributed by atoms with van der Waals surface area (Å²) in [7, 11) is 4.27. The molecule has 0 amide bonds. The number of carbonyl (C=O) groups excluding carboxylic acids is 2. The number of hydrogen-bond acceptors (Lipinski definition) is 7. The first-order valence-electron chi connectivity index (χ1n) is 18.8. The third-order valence-corrected chi connectivity index (χ3v) is 12.2. The Labute approximate surface area is 299 Å². The second-order valence-electron chi connectivity index (χ2n) is 20.1. The maximum absolute atomic E-state index is 15.1. The summed E-state index contributed by atoms with van der Waals surface area (Å²) in [6, 6.07) is 3.88. The zero-order valence-corrected chi connectivity index (χ0v) is 34.4. The molecule has 2 heterocycles. The quantitative estimate of drug-likeness (QED) is 0.205. The second kappa shape index (κ2) is 13.8. The maximum Gasteiger partial charge on any atom is 0.324 e. The predicted octanol–water partition coefficient (Wildman–Crippen LogP) is 9.10. The summed E-state index contributed by atoms with van der Waals surface area (Å²) in [4.78, 5) is 34.8. The number of ether oxygens (including phenoxy) is 2. The molecule has 0 atom stereocenters. The Kier molecular flexibility index (Phi) is 11.6. The van der Waals surface area contributed by atoms with Crippen molar-refractivity contribution in [3.05, 3.63) is 28.8 Å². The summed E-state index contributed by atoms with van der Waals surface area (Å²) in [5.74, 6) is -0.732. The molecule has 7 heteroatoms. The molecule has 0 radical (unpaired) electrons. The van der Waals surface area contributed by atoms with Crippen LogP contribution in [-0.4, -0.2) is 75.3 Å². The van der Waals surface area contributed by atoms with E-state index < -0.39 is 17.4 Å². The Morgan fingerprint density at radius 3 is 1.41 bits per heavy atom. The third kappa shape index (κ3) is 8.86. The minimum Gasteiger partial charge on any atom is -0.508 e. The average molecular weight is 685 g/mol. The molecule has 1 aromatic rings. The molecule has 1 aromatic carbocycles. The van der Waals surface area contributed by atoms with Gasteiger partial charge in [0.05, 0.1) is 0 Å². The molecule has 49 heavy (non-hydrogen) atoms. The minimum absolute atomic E-state index is 0.152. The summed E-state index contributed by atoms with van der Waals surface area (Å²) >= 11 is 0. The molecule has 2 fully saturated rings. The van der Waals surface area contributed by atoms with Crippen molar-refractivity contribution < 1.29 is 24.2 Å². The van der Waals surface area contributed by atoms with Crippen LogP contribution in [-0.2, 0) is 36.3 Å². The van der Waals surface area contributed by atoms with Gasteiger partial charge in [0.1, 0.15) is 18.0 Å². The van der Waals surface area contributed by atoms with Gasteiger partial charge in [0.2, 0.25) is 0 Å². The van der Waals surface area contributed by atoms with Gasteiger partial charge in [-0.25, -0.2) is 0 Å². The van der Waals surface area contributed by atoms with E-state index in [1.54, 1.807) is 0 Å². The molecular weight excluding hydrogens is 612 g/mol. The minimum atomic E-state index is -1.54. The normalized spacial score (nSPS) is 22.1. The maximum atomic E-state index is 15.1. The topological polar surface area (TPSA) is 79.3 Å². The van der Waals surface area contributed by atoms with Gasteiger partial charge >= 0.3 is 11.9 Å². The van der Waals surface area contributed by atoms with E-state index in [-0.39, 0.29) is 57.4 Å². The molecule has 7 nitrogen and oxygen atoms in total. The zero-order chi connectivity index (χ0) is 37.8. The molecule has 2 aliphatic heterocycles. The van der Waals surface area contributed by atoms with Crippen LogP contribution in [0.25, 0.3) is 0 Å². The number of carbonyl (C=O) groups is 2. The predicted molar refractivity (Wildman–Crippen MR) is 201 cm³/mol. The molecule has 2 aliphatic rings. The number of nitrogens with zero attached hydrogens (tertiary/aromatic N) is 2. The number of piperidine rings is 2. The van der Waals surface area contributed by atoms with Crippen LogP contribution < -0.4 is 0 Å². The lowest BCUT2D eigenvalue weighted by molar-refractivity contribution is -0.188. The monoisotopic (exact) mass is 685 g/mol. The molecule has 0 bridgehead atoms. The molecule has 0 saturated carbocycles. The van der Waals surface area contributed by atoms with Gasteiger partial charge in [-0.15, -0.1) is 0 Å². The number of hydrogen-bond donors (Lipinski definition) is 1. The fourth-order valence-electron chi connectivity index (χ4n) is 8.66. The number of benzene rings is 1. The van der Waals surface area contributed by atoms with Gasteiger partial charge in [-0.3, -0.25) is 19.4 Å². The summed E-state index contributed by atoms with van der Waals surface area (Å²) < 4.78 is 13.2. The van der Waals surface area contributed by atoms with Crippen molar-refractivity contribution in [1.29, 1.82) is 0 Å². The Bertz CT molecular complexity index is 1270. The van der Waals surface area contributed by atoms with Gasteiger partial charge in [0.25, 0.3) is 0 Å². The van der Waals surface area contributed by atoms with Gasteiger partial charge in [0, 0.05) is 47.8 Å². The van der Waals surface area contributed by atoms with E-state index in [2.05, 4.69) is 128 Å². The van der Waals surface area contributed by atoms with E-state index in [1.807, 2.05) is 12.1 Å². The number of unbranched alkanes of at least 4 members (excludes halogenated alkanes) is 1. The smallest absolute Gasteiger partial charge is 0.324 e. The number of aromatic hydroxyl groups is 1. The van der Waals surface area contributed by atoms with Crippen molar-refractivity contribution in [2.75, 3.05) is 14.1 Å². The molecule has 280 valence electrons. The number of esters is 2. The molecule has 2 saturated heterocycles. The second-order valence-corrected chi connectivity index (χ2v) is 20.1. The first kappa shape index (κ1) is 41.3. The first-order valence-corrected chi connectivity index (χ1v) is 18.8. The lowest BCUT2D eigenvalue weighted by atomic mass is 9.71. The Balaban J connectivity index is 2.22. The first-order chi connectivity index (χ1) is 22.0. The van der Waals surface area contributed by atoms with Crippen molar-refractivity contribution in [2.45, 2.75) is 200 Å². The van der Waals surface area contributed by atoms with Crippen LogP contribution in [0.3, 0.4) is 0 Å². The van der Waals surface area contributed by atoms with Crippen LogP contribution in [0.15, 0.2) is 12.1 Å². The molecule has 0 aromatic heterocycles. The summed E-state index contributed by atoms with van der Waals surface area (Å²) in [5, 5.41) is 11.3. The van der Waals surface area contributed by atoms with Gasteiger partial charge < -0.3 is 14.6 Å². The van der Waals surface area contributed by atoms with Crippen LogP contribution >= 0.6 is 0 Å². The highest BCUT2D eigenvalue weighted by molar-refractivity contribution is 6.00. The van der Waals surface area contributed by atoms with E-state index in [0.717, 1.165) is 23.1 Å². The fourth-order valence-corrected chi connectivity index (χ4v) is 8.66. The van der Waals surface area contributed by atoms with Gasteiger partial charge in [-0.2, -0.15) is 0 Å². The van der Waals surface area contributed by atoms with Crippen molar-refractivity contribution in [3.63, 3.8) is 0 Å². The van der Waals surface area contributed by atoms with Crippen LogP contribution in [0.1, 0.15) is 165 Å². The van der Waals surface area contributed by atoms with Gasteiger partial charge in [-0.1, -0.05) is 67.4 Å². The van der Waals surface area contributed by atoms with E-state index >= 15 is 9.59 Å². The van der Waals surface area contributed by atoms with Crippen molar-refractivity contribution in [1.82, 2.24) is 9.80 Å². The Hall–Kier alpha value is -2.12. The van der Waals surface area contributed by atoms with Crippen LogP contribution in [0, 0.1) is 5.41 Å². The lowest BCUT2D eigenvalue weighted by Crippen LogP contribution is -2.61. The van der Waals surface area contributed by atoms with Crippen LogP contribution in [0.2, 0.25) is 0 Å². The number of likely N-dealkylation sites (tertiary alicyclic amines) is 2. The fraction of sp³-hybridized carbons (Fsp3) is 0.810. The summed E-state index contributed by atoms with van der Waals surface area (Å²) in [6.07, 6.45) is 4.00. The third-order valence-electron chi connectivity index (χ3n) is 12.2. The lowest BCUT2D eigenvalue weighted by Gasteiger charge is -2.53. The van der Waals surface area contributed by atoms with E-state index in [9.17, 15) is 5.11 Å². The van der Waals surface area contributed by atoms with Crippen molar-refractivity contribution in [3.8, 4) is 5.75 Å². The van der Waals surface area contributed by atoms with Gasteiger partial charge in [0.15, 0.2) is 5.41 Å². The Morgan fingerprint density at radius 1 is 0.714 bits per heavy atom. The number of rotatable bonds is 9. The molecule has 0 aliphatic carbocycles. The van der Waals surface area contributed by atoms with Gasteiger partial charge in [-0.05, 0) is 116 Å². The highest BCUT2D eigenvalue weighted by atomic mass is 16.6. The average Bonchev–Trinajstić information content (AvgIpc) is 2.91. The molecular formula is C42H72N2O5. The van der Waals surface area contributed by atoms with Crippen molar-refractivity contribution in [2.24, 2.45) is 5.41 Å². The number of phenols is 1. The summed E-state index contributed by atoms with van der Waals surface area (Å²) in [5.41, 5.74) is -0.417. The highest BCUT2D eigenvalue weighted by Gasteiger charge is 2.54. The summed E-state index contributed by atoms with van der Waals surface area (Å²) in [6.45, 7) is 32.2. The number of phenolic OH excluding ortho intramolecular Hbond substituents is 1. The highest BCUT2D eigenvalue weighted by Crippen LogP contribution is 2.45. The molecule has 0 unspecified atom stereocenters. The van der Waals surface area contributed by atoms with Crippen LogP contribution in [0.4, 0.5) is 0 Å². The van der Waals surface area contributed by atoms with E-state index in [4.69, 9.17) is 9.47 Å². The standard InChI is InChI=1S/C42H72N2O5/c1-18-19-20-42(34(46)48-29-24-38(8,9)43(16)39(10,11)25-29,35(47)49-30-26-40(12,13)44(17)41(14,15)27-30)23-28-21-32(37(5,6)7)33(45)22-31(28)36(2,3)4/h21-22,29-30,45H,18-20,23-27H2,1-17H3. The SMILES string of the molecule is CCCCC(Cc1cc(C(C)(C)C)c(O)cc1C(C)(C)C)(C(=O)OC1CC(C)(C)N(C)C(C)(C)C1)C(=O)OC1CC(C)(C)N(C)C(C)(C)C1. The van der Waals surface area contributed by atoms with E-state index in [0.29, 0.717) is 38.5 Å². The zero-order valence-electron chi connectivity index (χ0n) is 34.4. The Morgan fingerprint density at radius 2 is 1.08 bits per heavy atom. The largest absolute Gasteiger partial charge is 0.508 e. The van der Waals surface area contributed by atoms with E-state index in [1.165, 1.54) is 0 Å². The molecule has 0 spiro atoms.